The second-order valence-electron chi connectivity index (χ2n) is 4.10. The van der Waals surface area contributed by atoms with E-state index in [9.17, 15) is 4.79 Å². The molecule has 0 saturated heterocycles. The van der Waals surface area contributed by atoms with Crippen LogP contribution in [0.15, 0.2) is 53.0 Å². The lowest BCUT2D eigenvalue weighted by Crippen LogP contribution is -2.01. The van der Waals surface area contributed by atoms with E-state index in [1.807, 2.05) is 30.3 Å². The first-order valence-corrected chi connectivity index (χ1v) is 6.61. The highest BCUT2D eigenvalue weighted by atomic mass is 79.9. The van der Waals surface area contributed by atoms with Crippen molar-refractivity contribution in [1.82, 2.24) is 0 Å². The summed E-state index contributed by atoms with van der Waals surface area (Å²) in [6, 6.07) is 15.0. The average molecular weight is 321 g/mol. The maximum absolute atomic E-state index is 10.7. The molecule has 0 aliphatic carbocycles. The highest BCUT2D eigenvalue weighted by Crippen LogP contribution is 2.20. The average Bonchev–Trinajstić information content (AvgIpc) is 2.37. The zero-order valence-corrected chi connectivity index (χ0v) is 11.8. The summed E-state index contributed by atoms with van der Waals surface area (Å²) in [5.41, 5.74) is 1.78. The molecule has 0 atom stereocenters. The molecule has 0 aromatic heterocycles. The molecule has 0 bridgehead atoms. The van der Waals surface area contributed by atoms with Crippen LogP contribution in [0.1, 0.15) is 11.1 Å². The lowest BCUT2D eigenvalue weighted by Gasteiger charge is -2.08. The van der Waals surface area contributed by atoms with Crippen LogP contribution in [0.5, 0.6) is 5.75 Å². The summed E-state index contributed by atoms with van der Waals surface area (Å²) >= 11 is 3.46. The summed E-state index contributed by atoms with van der Waals surface area (Å²) in [6.07, 6.45) is 0.00618. The molecule has 3 nitrogen and oxygen atoms in total. The summed E-state index contributed by atoms with van der Waals surface area (Å²) in [7, 11) is 0. The second-order valence-corrected chi connectivity index (χ2v) is 4.95. The number of benzene rings is 2. The summed E-state index contributed by atoms with van der Waals surface area (Å²) in [5, 5.41) is 8.76. The fourth-order valence-corrected chi connectivity index (χ4v) is 2.10. The molecule has 0 amide bonds. The summed E-state index contributed by atoms with van der Waals surface area (Å²) in [5.74, 6) is -0.169. The van der Waals surface area contributed by atoms with Crippen molar-refractivity contribution in [3.63, 3.8) is 0 Å². The molecule has 2 aromatic rings. The van der Waals surface area contributed by atoms with Gasteiger partial charge < -0.3 is 9.84 Å². The number of carboxylic acid groups (broad SMARTS) is 1. The Bertz CT molecular complexity index is 581. The van der Waals surface area contributed by atoms with Crippen molar-refractivity contribution in [3.8, 4) is 5.75 Å². The monoisotopic (exact) mass is 320 g/mol. The predicted octanol–water partition coefficient (Wildman–Crippen LogP) is 3.66. The molecule has 0 aliphatic heterocycles. The fraction of sp³-hybridized carbons (Fsp3) is 0.133. The van der Waals surface area contributed by atoms with Gasteiger partial charge in [0.15, 0.2) is 0 Å². The Morgan fingerprint density at radius 1 is 1.16 bits per heavy atom. The van der Waals surface area contributed by atoms with Crippen LogP contribution in [0.3, 0.4) is 0 Å². The van der Waals surface area contributed by atoms with E-state index in [1.165, 1.54) is 0 Å². The third-order valence-electron chi connectivity index (χ3n) is 2.61. The molecule has 0 fully saturated rings. The molecule has 1 N–H and O–H groups in total. The van der Waals surface area contributed by atoms with Crippen molar-refractivity contribution in [1.29, 1.82) is 0 Å². The molecule has 19 heavy (non-hydrogen) atoms. The number of halogens is 1. The normalized spacial score (nSPS) is 10.2. The highest BCUT2D eigenvalue weighted by molar-refractivity contribution is 9.10. The van der Waals surface area contributed by atoms with Crippen molar-refractivity contribution in [2.75, 3.05) is 0 Å². The summed E-state index contributed by atoms with van der Waals surface area (Å²) in [4.78, 5) is 10.7. The van der Waals surface area contributed by atoms with E-state index in [2.05, 4.69) is 15.9 Å². The number of hydrogen-bond donors (Lipinski definition) is 1. The Labute approximate surface area is 120 Å². The van der Waals surface area contributed by atoms with Crippen LogP contribution in [0.2, 0.25) is 0 Å². The largest absolute Gasteiger partial charge is 0.489 e. The van der Waals surface area contributed by atoms with Crippen molar-refractivity contribution < 1.29 is 14.6 Å². The number of aliphatic carboxylic acids is 1. The first-order valence-electron chi connectivity index (χ1n) is 5.82. The van der Waals surface area contributed by atoms with Crippen LogP contribution in [0.4, 0.5) is 0 Å². The SMILES string of the molecule is O=C(O)Cc1cccc(OCc2ccccc2Br)c1. The minimum Gasteiger partial charge on any atom is -0.489 e. The topological polar surface area (TPSA) is 46.5 Å². The quantitative estimate of drug-likeness (QED) is 0.914. The van der Waals surface area contributed by atoms with Crippen molar-refractivity contribution in [2.45, 2.75) is 13.0 Å². The zero-order valence-electron chi connectivity index (χ0n) is 10.2. The molecule has 0 radical (unpaired) electrons. The van der Waals surface area contributed by atoms with Crippen LogP contribution < -0.4 is 4.74 Å². The summed E-state index contributed by atoms with van der Waals surface area (Å²) in [6.45, 7) is 0.442. The van der Waals surface area contributed by atoms with Gasteiger partial charge in [-0.25, -0.2) is 0 Å². The van der Waals surface area contributed by atoms with E-state index < -0.39 is 5.97 Å². The standard InChI is InChI=1S/C15H13BrO3/c16-14-7-2-1-5-12(14)10-19-13-6-3-4-11(8-13)9-15(17)18/h1-8H,9-10H2,(H,17,18). The molecule has 0 aliphatic rings. The van der Waals surface area contributed by atoms with Gasteiger partial charge in [-0.1, -0.05) is 46.3 Å². The first kappa shape index (κ1) is 13.6. The number of hydrogen-bond acceptors (Lipinski definition) is 2. The lowest BCUT2D eigenvalue weighted by atomic mass is 10.1. The molecule has 2 aromatic carbocycles. The highest BCUT2D eigenvalue weighted by Gasteiger charge is 2.03. The Morgan fingerprint density at radius 2 is 1.95 bits per heavy atom. The van der Waals surface area contributed by atoms with E-state index in [0.717, 1.165) is 15.6 Å². The van der Waals surface area contributed by atoms with Gasteiger partial charge in [0.2, 0.25) is 0 Å². The first-order chi connectivity index (χ1) is 9.15. The van der Waals surface area contributed by atoms with E-state index in [4.69, 9.17) is 9.84 Å². The minimum absolute atomic E-state index is 0.00618. The second kappa shape index (κ2) is 6.38. The molecule has 0 heterocycles. The van der Waals surface area contributed by atoms with Crippen LogP contribution in [0, 0.1) is 0 Å². The van der Waals surface area contributed by atoms with Gasteiger partial charge >= 0.3 is 5.97 Å². The maximum atomic E-state index is 10.7. The Hall–Kier alpha value is -1.81. The van der Waals surface area contributed by atoms with E-state index in [0.29, 0.717) is 12.4 Å². The van der Waals surface area contributed by atoms with Crippen LogP contribution >= 0.6 is 15.9 Å². The Kier molecular flexibility index (Phi) is 4.58. The molecule has 2 rings (SSSR count). The smallest absolute Gasteiger partial charge is 0.307 e. The van der Waals surface area contributed by atoms with Gasteiger partial charge in [0, 0.05) is 10.0 Å². The van der Waals surface area contributed by atoms with Crippen molar-refractivity contribution in [3.05, 3.63) is 64.1 Å². The molecule has 0 unspecified atom stereocenters. The fourth-order valence-electron chi connectivity index (χ4n) is 1.70. The third-order valence-corrected chi connectivity index (χ3v) is 3.38. The molecular weight excluding hydrogens is 308 g/mol. The van der Waals surface area contributed by atoms with Crippen LogP contribution in [0.25, 0.3) is 0 Å². The molecular formula is C15H13BrO3. The number of carbonyl (C=O) groups is 1. The molecule has 0 saturated carbocycles. The van der Waals surface area contributed by atoms with Gasteiger partial charge in [0.25, 0.3) is 0 Å². The van der Waals surface area contributed by atoms with Crippen LogP contribution in [-0.2, 0) is 17.8 Å². The summed E-state index contributed by atoms with van der Waals surface area (Å²) < 4.78 is 6.67. The Morgan fingerprint density at radius 3 is 2.68 bits per heavy atom. The van der Waals surface area contributed by atoms with E-state index in [1.54, 1.807) is 18.2 Å². The van der Waals surface area contributed by atoms with Crippen LogP contribution in [-0.4, -0.2) is 11.1 Å². The molecule has 98 valence electrons. The maximum Gasteiger partial charge on any atom is 0.307 e. The zero-order chi connectivity index (χ0) is 13.7. The Balaban J connectivity index is 2.03. The van der Waals surface area contributed by atoms with Gasteiger partial charge in [-0.05, 0) is 23.8 Å². The molecule has 4 heteroatoms. The van der Waals surface area contributed by atoms with Gasteiger partial charge in [-0.15, -0.1) is 0 Å². The number of carboxylic acids is 1. The van der Waals surface area contributed by atoms with Gasteiger partial charge in [-0.3, -0.25) is 4.79 Å². The molecule has 0 spiro atoms. The van der Waals surface area contributed by atoms with E-state index >= 15 is 0 Å². The van der Waals surface area contributed by atoms with Gasteiger partial charge in [0.05, 0.1) is 6.42 Å². The minimum atomic E-state index is -0.844. The van der Waals surface area contributed by atoms with Crippen molar-refractivity contribution >= 4 is 21.9 Å². The predicted molar refractivity (Wildman–Crippen MR) is 76.3 cm³/mol. The number of rotatable bonds is 5. The van der Waals surface area contributed by atoms with Gasteiger partial charge in [-0.2, -0.15) is 0 Å². The third kappa shape index (κ3) is 4.10. The number of ether oxygens (including phenoxy) is 1. The van der Waals surface area contributed by atoms with Gasteiger partial charge in [0.1, 0.15) is 12.4 Å². The van der Waals surface area contributed by atoms with E-state index in [-0.39, 0.29) is 6.42 Å². The lowest BCUT2D eigenvalue weighted by molar-refractivity contribution is -0.136. The van der Waals surface area contributed by atoms with Crippen molar-refractivity contribution in [2.24, 2.45) is 0 Å².